The zero-order valence-corrected chi connectivity index (χ0v) is 12.0. The lowest BCUT2D eigenvalue weighted by molar-refractivity contribution is -0.122. The van der Waals surface area contributed by atoms with Gasteiger partial charge in [0.2, 0.25) is 5.91 Å². The number of amides is 1. The van der Waals surface area contributed by atoms with Gasteiger partial charge in [-0.3, -0.25) is 4.79 Å². The van der Waals surface area contributed by atoms with Gasteiger partial charge in [-0.15, -0.1) is 0 Å². The minimum Gasteiger partial charge on any atom is -0.478 e. The number of fused-ring (bicyclic) bond motifs is 2. The van der Waals surface area contributed by atoms with Crippen LogP contribution in [0.25, 0.3) is 0 Å². The second kappa shape index (κ2) is 5.88. The minimum absolute atomic E-state index is 0.0910. The van der Waals surface area contributed by atoms with E-state index in [-0.39, 0.29) is 11.5 Å². The maximum Gasteiger partial charge on any atom is 0.335 e. The summed E-state index contributed by atoms with van der Waals surface area (Å²) in [4.78, 5) is 22.9. The van der Waals surface area contributed by atoms with Crippen molar-refractivity contribution in [3.05, 3.63) is 35.4 Å². The number of carboxylic acid groups (broad SMARTS) is 1. The minimum atomic E-state index is -0.940. The summed E-state index contributed by atoms with van der Waals surface area (Å²) in [5.74, 6) is 1.34. The average molecular weight is 287 g/mol. The molecule has 21 heavy (non-hydrogen) atoms. The molecule has 3 rings (SSSR count). The molecule has 0 spiro atoms. The standard InChI is InChI=1S/C17H21NO3/c19-16(9-15-7-11-4-5-13(15)6-11)18-10-12-2-1-3-14(8-12)17(20)21/h1-3,8,11,13,15H,4-7,9-10H2,(H,18,19)(H,20,21). The van der Waals surface area contributed by atoms with Gasteiger partial charge in [0.05, 0.1) is 5.56 Å². The number of carbonyl (C=O) groups is 2. The molecule has 2 aliphatic carbocycles. The maximum atomic E-state index is 12.0. The number of hydrogen-bond donors (Lipinski definition) is 2. The first kappa shape index (κ1) is 14.1. The summed E-state index contributed by atoms with van der Waals surface area (Å²) in [5, 5.41) is 11.9. The Bertz CT molecular complexity index is 555. The van der Waals surface area contributed by atoms with Crippen molar-refractivity contribution >= 4 is 11.9 Å². The summed E-state index contributed by atoms with van der Waals surface area (Å²) >= 11 is 0. The Morgan fingerprint density at radius 1 is 1.24 bits per heavy atom. The number of carboxylic acids is 1. The van der Waals surface area contributed by atoms with Gasteiger partial charge in [0, 0.05) is 13.0 Å². The summed E-state index contributed by atoms with van der Waals surface area (Å²) in [6.07, 6.45) is 5.80. The maximum absolute atomic E-state index is 12.0. The number of carbonyl (C=O) groups excluding carboxylic acids is 1. The molecule has 4 heteroatoms. The lowest BCUT2D eigenvalue weighted by Gasteiger charge is -2.20. The van der Waals surface area contributed by atoms with Crippen molar-refractivity contribution in [2.75, 3.05) is 0 Å². The zero-order chi connectivity index (χ0) is 14.8. The molecule has 2 saturated carbocycles. The summed E-state index contributed by atoms with van der Waals surface area (Å²) in [7, 11) is 0. The number of rotatable bonds is 5. The van der Waals surface area contributed by atoms with E-state index >= 15 is 0 Å². The molecule has 0 saturated heterocycles. The van der Waals surface area contributed by atoms with Crippen LogP contribution in [0.2, 0.25) is 0 Å². The van der Waals surface area contributed by atoms with Gasteiger partial charge >= 0.3 is 5.97 Å². The van der Waals surface area contributed by atoms with Crippen LogP contribution < -0.4 is 5.32 Å². The normalized spacial score (nSPS) is 26.8. The van der Waals surface area contributed by atoms with Crippen molar-refractivity contribution in [3.63, 3.8) is 0 Å². The monoisotopic (exact) mass is 287 g/mol. The Kier molecular flexibility index (Phi) is 3.95. The first-order valence-electron chi connectivity index (χ1n) is 7.70. The van der Waals surface area contributed by atoms with Crippen molar-refractivity contribution in [1.29, 1.82) is 0 Å². The predicted molar refractivity (Wildman–Crippen MR) is 78.8 cm³/mol. The van der Waals surface area contributed by atoms with E-state index in [4.69, 9.17) is 5.11 Å². The topological polar surface area (TPSA) is 66.4 Å². The quantitative estimate of drug-likeness (QED) is 0.875. The fourth-order valence-electron chi connectivity index (χ4n) is 3.95. The van der Waals surface area contributed by atoms with E-state index in [1.165, 1.54) is 25.7 Å². The van der Waals surface area contributed by atoms with Crippen LogP contribution in [0.15, 0.2) is 24.3 Å². The lowest BCUT2D eigenvalue weighted by atomic mass is 9.86. The summed E-state index contributed by atoms with van der Waals surface area (Å²) in [6, 6.07) is 6.72. The molecule has 3 unspecified atom stereocenters. The van der Waals surface area contributed by atoms with Gasteiger partial charge in [-0.1, -0.05) is 18.6 Å². The SMILES string of the molecule is O=C(CC1CC2CCC1C2)NCc1cccc(C(=O)O)c1. The fourth-order valence-corrected chi connectivity index (χ4v) is 3.95. The van der Waals surface area contributed by atoms with Gasteiger partial charge in [0.25, 0.3) is 0 Å². The Labute approximate surface area is 124 Å². The average Bonchev–Trinajstić information content (AvgIpc) is 3.08. The van der Waals surface area contributed by atoms with E-state index in [0.717, 1.165) is 17.4 Å². The molecule has 1 aromatic rings. The Balaban J connectivity index is 1.49. The number of hydrogen-bond acceptors (Lipinski definition) is 2. The molecule has 1 amide bonds. The molecule has 0 radical (unpaired) electrons. The molecule has 4 nitrogen and oxygen atoms in total. The number of aromatic carboxylic acids is 1. The lowest BCUT2D eigenvalue weighted by Crippen LogP contribution is -2.27. The van der Waals surface area contributed by atoms with Gasteiger partial charge in [-0.2, -0.15) is 0 Å². The molecule has 2 fully saturated rings. The molecule has 112 valence electrons. The Morgan fingerprint density at radius 2 is 2.10 bits per heavy atom. The van der Waals surface area contributed by atoms with Gasteiger partial charge in [0.15, 0.2) is 0 Å². The van der Waals surface area contributed by atoms with Crippen LogP contribution in [0, 0.1) is 17.8 Å². The smallest absolute Gasteiger partial charge is 0.335 e. The van der Waals surface area contributed by atoms with E-state index in [9.17, 15) is 9.59 Å². The first-order chi connectivity index (χ1) is 10.1. The number of nitrogens with one attached hydrogen (secondary N) is 1. The molecule has 3 atom stereocenters. The van der Waals surface area contributed by atoms with Gasteiger partial charge in [0.1, 0.15) is 0 Å². The highest BCUT2D eigenvalue weighted by Crippen LogP contribution is 2.49. The van der Waals surface area contributed by atoms with E-state index in [1.807, 2.05) is 6.07 Å². The number of benzene rings is 1. The third kappa shape index (κ3) is 3.26. The van der Waals surface area contributed by atoms with Crippen LogP contribution in [0.4, 0.5) is 0 Å². The van der Waals surface area contributed by atoms with Crippen LogP contribution in [0.3, 0.4) is 0 Å². The second-order valence-corrected chi connectivity index (χ2v) is 6.42. The molecule has 0 aliphatic heterocycles. The van der Waals surface area contributed by atoms with Crippen molar-refractivity contribution < 1.29 is 14.7 Å². The highest BCUT2D eigenvalue weighted by molar-refractivity contribution is 5.87. The first-order valence-corrected chi connectivity index (χ1v) is 7.70. The fraction of sp³-hybridized carbons (Fsp3) is 0.529. The van der Waals surface area contributed by atoms with Crippen molar-refractivity contribution in [1.82, 2.24) is 5.32 Å². The van der Waals surface area contributed by atoms with Crippen LogP contribution in [-0.2, 0) is 11.3 Å². The molecule has 2 N–H and O–H groups in total. The Hall–Kier alpha value is -1.84. The van der Waals surface area contributed by atoms with E-state index in [1.54, 1.807) is 18.2 Å². The molecule has 1 aromatic carbocycles. The third-order valence-corrected chi connectivity index (χ3v) is 5.00. The van der Waals surface area contributed by atoms with Crippen molar-refractivity contribution in [3.8, 4) is 0 Å². The third-order valence-electron chi connectivity index (χ3n) is 5.00. The van der Waals surface area contributed by atoms with Crippen molar-refractivity contribution in [2.45, 2.75) is 38.6 Å². The molecular formula is C17H21NO3. The summed E-state index contributed by atoms with van der Waals surface area (Å²) < 4.78 is 0. The van der Waals surface area contributed by atoms with E-state index in [0.29, 0.717) is 18.9 Å². The molecule has 2 bridgehead atoms. The highest BCUT2D eigenvalue weighted by Gasteiger charge is 2.39. The van der Waals surface area contributed by atoms with Gasteiger partial charge in [-0.05, 0) is 54.7 Å². The Morgan fingerprint density at radius 3 is 2.76 bits per heavy atom. The van der Waals surface area contributed by atoms with Crippen LogP contribution >= 0.6 is 0 Å². The van der Waals surface area contributed by atoms with Crippen molar-refractivity contribution in [2.24, 2.45) is 17.8 Å². The largest absolute Gasteiger partial charge is 0.478 e. The van der Waals surface area contributed by atoms with Gasteiger partial charge in [-0.25, -0.2) is 4.79 Å². The zero-order valence-electron chi connectivity index (χ0n) is 12.0. The van der Waals surface area contributed by atoms with Crippen LogP contribution in [0.1, 0.15) is 48.0 Å². The van der Waals surface area contributed by atoms with Crippen LogP contribution in [0.5, 0.6) is 0 Å². The molecular weight excluding hydrogens is 266 g/mol. The van der Waals surface area contributed by atoms with E-state index < -0.39 is 5.97 Å². The predicted octanol–water partition coefficient (Wildman–Crippen LogP) is 2.83. The highest BCUT2D eigenvalue weighted by atomic mass is 16.4. The summed E-state index contributed by atoms with van der Waals surface area (Å²) in [5.41, 5.74) is 1.09. The molecule has 0 aromatic heterocycles. The summed E-state index contributed by atoms with van der Waals surface area (Å²) in [6.45, 7) is 0.404. The molecule has 2 aliphatic rings. The van der Waals surface area contributed by atoms with E-state index in [2.05, 4.69) is 5.32 Å². The molecule has 0 heterocycles. The second-order valence-electron chi connectivity index (χ2n) is 6.42. The van der Waals surface area contributed by atoms with Gasteiger partial charge < -0.3 is 10.4 Å². The van der Waals surface area contributed by atoms with Crippen LogP contribution in [-0.4, -0.2) is 17.0 Å².